The zero-order chi connectivity index (χ0) is 20.3. The number of imidazole rings is 1. The lowest BCUT2D eigenvalue weighted by molar-refractivity contribution is 0.0596. The van der Waals surface area contributed by atoms with Gasteiger partial charge in [-0.15, -0.1) is 0 Å². The lowest BCUT2D eigenvalue weighted by Crippen LogP contribution is -2.13. The molecule has 28 heavy (non-hydrogen) atoms. The summed E-state index contributed by atoms with van der Waals surface area (Å²) >= 11 is 0. The Morgan fingerprint density at radius 3 is 2.57 bits per heavy atom. The first kappa shape index (κ1) is 19.5. The van der Waals surface area contributed by atoms with Gasteiger partial charge in [-0.2, -0.15) is 0 Å². The van der Waals surface area contributed by atoms with Gasteiger partial charge in [-0.1, -0.05) is 30.3 Å². The van der Waals surface area contributed by atoms with Crippen LogP contribution in [0.25, 0.3) is 0 Å². The molecular weight excluding hydrogens is 356 g/mol. The van der Waals surface area contributed by atoms with E-state index in [-0.39, 0.29) is 23.1 Å². The summed E-state index contributed by atoms with van der Waals surface area (Å²) in [5.41, 5.74) is 2.37. The predicted octanol–water partition coefficient (Wildman–Crippen LogP) is 3.78. The van der Waals surface area contributed by atoms with Gasteiger partial charge in [0.15, 0.2) is 0 Å². The van der Waals surface area contributed by atoms with Gasteiger partial charge >= 0.3 is 5.97 Å². The van der Waals surface area contributed by atoms with E-state index in [0.717, 1.165) is 5.82 Å². The molecule has 0 aliphatic carbocycles. The number of aromatic nitrogens is 2. The van der Waals surface area contributed by atoms with Gasteiger partial charge in [0.1, 0.15) is 22.9 Å². The van der Waals surface area contributed by atoms with E-state index in [4.69, 9.17) is 4.74 Å². The summed E-state index contributed by atoms with van der Waals surface area (Å²) in [7, 11) is 1.27. The first-order chi connectivity index (χ1) is 13.4. The molecule has 6 heteroatoms. The van der Waals surface area contributed by atoms with Crippen molar-refractivity contribution in [2.24, 2.45) is 0 Å². The number of benzene rings is 2. The van der Waals surface area contributed by atoms with Gasteiger partial charge in [-0.3, -0.25) is 0 Å². The SMILES string of the molecule is COC(=O)c1c(O)cc(O)c(C)c1CCc1nccn1[C@H](C)c1ccccc1. The molecule has 0 aliphatic heterocycles. The Bertz CT molecular complexity index is 980. The number of aryl methyl sites for hydroxylation is 1. The van der Waals surface area contributed by atoms with Gasteiger partial charge in [-0.05, 0) is 37.0 Å². The van der Waals surface area contributed by atoms with Crippen molar-refractivity contribution in [2.75, 3.05) is 7.11 Å². The van der Waals surface area contributed by atoms with Crippen LogP contribution in [0.1, 0.15) is 45.8 Å². The van der Waals surface area contributed by atoms with Crippen molar-refractivity contribution in [1.82, 2.24) is 9.55 Å². The standard InChI is InChI=1S/C22H24N2O4/c1-14-17(21(22(27)28-3)19(26)13-18(14)25)9-10-20-23-11-12-24(20)15(2)16-7-5-4-6-8-16/h4-8,11-13,15,25-26H,9-10H2,1-3H3/t15-/m1/s1. The molecule has 0 unspecified atom stereocenters. The number of phenols is 2. The lowest BCUT2D eigenvalue weighted by Gasteiger charge is -2.18. The Balaban J connectivity index is 1.90. The maximum absolute atomic E-state index is 12.2. The molecule has 0 fully saturated rings. The number of hydrogen-bond donors (Lipinski definition) is 2. The van der Waals surface area contributed by atoms with Gasteiger partial charge in [0.25, 0.3) is 0 Å². The van der Waals surface area contributed by atoms with Crippen molar-refractivity contribution >= 4 is 5.97 Å². The van der Waals surface area contributed by atoms with Crippen molar-refractivity contribution in [2.45, 2.75) is 32.7 Å². The second kappa shape index (κ2) is 8.17. The number of esters is 1. The minimum absolute atomic E-state index is 0.0545. The molecule has 6 nitrogen and oxygen atoms in total. The first-order valence-electron chi connectivity index (χ1n) is 9.13. The molecule has 0 aliphatic rings. The Morgan fingerprint density at radius 1 is 1.18 bits per heavy atom. The Kier molecular flexibility index (Phi) is 5.68. The summed E-state index contributed by atoms with van der Waals surface area (Å²) < 4.78 is 6.90. The fourth-order valence-electron chi connectivity index (χ4n) is 3.47. The maximum Gasteiger partial charge on any atom is 0.341 e. The topological polar surface area (TPSA) is 84.6 Å². The summed E-state index contributed by atoms with van der Waals surface area (Å²) in [5.74, 6) is -0.113. The quantitative estimate of drug-likeness (QED) is 0.636. The Hall–Kier alpha value is -3.28. The van der Waals surface area contributed by atoms with Crippen LogP contribution >= 0.6 is 0 Å². The molecule has 0 spiro atoms. The molecule has 1 atom stereocenters. The zero-order valence-corrected chi connectivity index (χ0v) is 16.2. The van der Waals surface area contributed by atoms with Crippen LogP contribution in [-0.2, 0) is 17.6 Å². The van der Waals surface area contributed by atoms with E-state index in [1.807, 2.05) is 24.4 Å². The van der Waals surface area contributed by atoms with Gasteiger partial charge in [0, 0.05) is 24.9 Å². The monoisotopic (exact) mass is 380 g/mol. The number of carbonyl (C=O) groups excluding carboxylic acids is 1. The van der Waals surface area contributed by atoms with Gasteiger partial charge in [0.2, 0.25) is 0 Å². The van der Waals surface area contributed by atoms with Crippen molar-refractivity contribution in [3.63, 3.8) is 0 Å². The second-order valence-electron chi connectivity index (χ2n) is 6.72. The van der Waals surface area contributed by atoms with E-state index in [2.05, 4.69) is 28.6 Å². The highest BCUT2D eigenvalue weighted by atomic mass is 16.5. The third-order valence-electron chi connectivity index (χ3n) is 5.10. The molecule has 3 aromatic rings. The summed E-state index contributed by atoms with van der Waals surface area (Å²) in [6, 6.07) is 11.4. The molecule has 0 saturated carbocycles. The van der Waals surface area contributed by atoms with E-state index >= 15 is 0 Å². The molecule has 0 bridgehead atoms. The van der Waals surface area contributed by atoms with Crippen LogP contribution in [0.15, 0.2) is 48.8 Å². The van der Waals surface area contributed by atoms with E-state index in [1.165, 1.54) is 18.7 Å². The first-order valence-corrected chi connectivity index (χ1v) is 9.13. The van der Waals surface area contributed by atoms with Crippen LogP contribution in [0, 0.1) is 6.92 Å². The molecule has 146 valence electrons. The van der Waals surface area contributed by atoms with Crippen LogP contribution in [0.3, 0.4) is 0 Å². The van der Waals surface area contributed by atoms with Crippen LogP contribution in [0.5, 0.6) is 11.5 Å². The molecule has 1 heterocycles. The van der Waals surface area contributed by atoms with Gasteiger partial charge < -0.3 is 19.5 Å². The number of methoxy groups -OCH3 is 1. The number of aromatic hydroxyl groups is 2. The molecular formula is C22H24N2O4. The van der Waals surface area contributed by atoms with E-state index < -0.39 is 5.97 Å². The van der Waals surface area contributed by atoms with Crippen molar-refractivity contribution < 1.29 is 19.7 Å². The number of hydrogen-bond acceptors (Lipinski definition) is 5. The van der Waals surface area contributed by atoms with E-state index in [1.54, 1.807) is 13.1 Å². The highest BCUT2D eigenvalue weighted by Gasteiger charge is 2.22. The molecule has 2 aromatic carbocycles. The van der Waals surface area contributed by atoms with Crippen molar-refractivity contribution in [1.29, 1.82) is 0 Å². The highest BCUT2D eigenvalue weighted by molar-refractivity contribution is 5.95. The summed E-state index contributed by atoms with van der Waals surface area (Å²) in [6.45, 7) is 3.82. The predicted molar refractivity (Wildman–Crippen MR) is 106 cm³/mol. The Morgan fingerprint density at radius 2 is 1.89 bits per heavy atom. The van der Waals surface area contributed by atoms with E-state index in [0.29, 0.717) is 24.0 Å². The molecule has 1 aromatic heterocycles. The lowest BCUT2D eigenvalue weighted by atomic mass is 9.95. The summed E-state index contributed by atoms with van der Waals surface area (Å²) in [4.78, 5) is 16.6. The normalized spacial score (nSPS) is 12.0. The third kappa shape index (κ3) is 3.71. The molecule has 0 radical (unpaired) electrons. The van der Waals surface area contributed by atoms with Crippen LogP contribution < -0.4 is 0 Å². The summed E-state index contributed by atoms with van der Waals surface area (Å²) in [6.07, 6.45) is 4.65. The van der Waals surface area contributed by atoms with Crippen LogP contribution in [0.4, 0.5) is 0 Å². The van der Waals surface area contributed by atoms with Crippen molar-refractivity contribution in [3.8, 4) is 11.5 Å². The van der Waals surface area contributed by atoms with Crippen LogP contribution in [-0.4, -0.2) is 32.8 Å². The number of ether oxygens (including phenoxy) is 1. The van der Waals surface area contributed by atoms with Crippen molar-refractivity contribution in [3.05, 3.63) is 76.9 Å². The minimum atomic E-state index is -0.628. The highest BCUT2D eigenvalue weighted by Crippen LogP contribution is 2.33. The Labute approximate surface area is 164 Å². The van der Waals surface area contributed by atoms with E-state index in [9.17, 15) is 15.0 Å². The third-order valence-corrected chi connectivity index (χ3v) is 5.10. The number of carbonyl (C=O) groups is 1. The second-order valence-corrected chi connectivity index (χ2v) is 6.72. The molecule has 3 rings (SSSR count). The maximum atomic E-state index is 12.2. The average Bonchev–Trinajstić information content (AvgIpc) is 3.17. The molecule has 0 amide bonds. The molecule has 0 saturated heterocycles. The largest absolute Gasteiger partial charge is 0.508 e. The number of rotatable bonds is 6. The number of phenolic OH excluding ortho intramolecular Hbond substituents is 2. The smallest absolute Gasteiger partial charge is 0.341 e. The van der Waals surface area contributed by atoms with Gasteiger partial charge in [0.05, 0.1) is 13.2 Å². The van der Waals surface area contributed by atoms with Crippen LogP contribution in [0.2, 0.25) is 0 Å². The summed E-state index contributed by atoms with van der Waals surface area (Å²) in [5, 5.41) is 20.2. The molecule has 2 N–H and O–H groups in total. The fraction of sp³-hybridized carbons (Fsp3) is 0.273. The zero-order valence-electron chi connectivity index (χ0n) is 16.2. The fourth-order valence-corrected chi connectivity index (χ4v) is 3.47. The average molecular weight is 380 g/mol. The van der Waals surface area contributed by atoms with Gasteiger partial charge in [-0.25, -0.2) is 9.78 Å². The minimum Gasteiger partial charge on any atom is -0.508 e. The number of nitrogens with zero attached hydrogens (tertiary/aromatic N) is 2.